The zero-order valence-corrected chi connectivity index (χ0v) is 12.6. The molecule has 4 nitrogen and oxygen atoms in total. The van der Waals surface area contributed by atoms with Crippen molar-refractivity contribution in [3.63, 3.8) is 0 Å². The topological polar surface area (TPSA) is 49.6 Å². The maximum atomic E-state index is 12.4. The van der Waals surface area contributed by atoms with E-state index in [1.54, 1.807) is 0 Å². The van der Waals surface area contributed by atoms with Gasteiger partial charge in [-0.25, -0.2) is 0 Å². The van der Waals surface area contributed by atoms with Gasteiger partial charge in [0.25, 0.3) is 0 Å². The molecular formula is C14H29N3O. The van der Waals surface area contributed by atoms with Crippen LogP contribution in [0.4, 0.5) is 0 Å². The first-order chi connectivity index (χ1) is 8.21. The van der Waals surface area contributed by atoms with Crippen LogP contribution in [-0.4, -0.2) is 54.5 Å². The Morgan fingerprint density at radius 1 is 1.39 bits per heavy atom. The molecule has 0 saturated carbocycles. The van der Waals surface area contributed by atoms with Crippen LogP contribution in [0, 0.1) is 5.41 Å². The lowest BCUT2D eigenvalue weighted by Gasteiger charge is -2.32. The van der Waals surface area contributed by atoms with Gasteiger partial charge in [0.15, 0.2) is 0 Å². The summed E-state index contributed by atoms with van der Waals surface area (Å²) in [5.41, 5.74) is 6.10. The van der Waals surface area contributed by atoms with Crippen LogP contribution in [0.3, 0.4) is 0 Å². The molecule has 0 radical (unpaired) electrons. The Labute approximate surface area is 111 Å². The van der Waals surface area contributed by atoms with E-state index in [0.717, 1.165) is 26.1 Å². The fourth-order valence-corrected chi connectivity index (χ4v) is 2.35. The predicted molar refractivity (Wildman–Crippen MR) is 75.3 cm³/mol. The third-order valence-corrected chi connectivity index (χ3v) is 3.87. The van der Waals surface area contributed by atoms with Crippen LogP contribution in [0.25, 0.3) is 0 Å². The minimum Gasteiger partial charge on any atom is -0.339 e. The molecule has 0 aromatic heterocycles. The summed E-state index contributed by atoms with van der Waals surface area (Å²) < 4.78 is 0. The van der Waals surface area contributed by atoms with Crippen molar-refractivity contribution < 1.29 is 4.79 Å². The number of nitrogens with zero attached hydrogens (tertiary/aromatic N) is 2. The third-order valence-electron chi connectivity index (χ3n) is 3.87. The highest BCUT2D eigenvalue weighted by molar-refractivity contribution is 5.77. The Bertz CT molecular complexity index is 285. The van der Waals surface area contributed by atoms with E-state index in [-0.39, 0.29) is 23.4 Å². The van der Waals surface area contributed by atoms with Crippen molar-refractivity contribution in [3.8, 4) is 0 Å². The standard InChI is InChI=1S/C14H29N3O/c1-11-10-16(5)7-6-8-17(11)13(18)9-12(15)14(2,3)4/h11-12H,6-10,15H2,1-5H3. The van der Waals surface area contributed by atoms with Gasteiger partial charge in [-0.05, 0) is 32.4 Å². The lowest BCUT2D eigenvalue weighted by atomic mass is 9.85. The average molecular weight is 255 g/mol. The number of amides is 1. The van der Waals surface area contributed by atoms with Gasteiger partial charge in [-0.1, -0.05) is 20.8 Å². The van der Waals surface area contributed by atoms with Gasteiger partial charge in [0.1, 0.15) is 0 Å². The van der Waals surface area contributed by atoms with Crippen LogP contribution in [0.1, 0.15) is 40.5 Å². The van der Waals surface area contributed by atoms with Gasteiger partial charge in [0.05, 0.1) is 0 Å². The average Bonchev–Trinajstić information content (AvgIpc) is 2.37. The summed E-state index contributed by atoms with van der Waals surface area (Å²) in [6.45, 7) is 11.3. The van der Waals surface area contributed by atoms with E-state index in [4.69, 9.17) is 5.73 Å². The zero-order valence-electron chi connectivity index (χ0n) is 12.6. The summed E-state index contributed by atoms with van der Waals surface area (Å²) in [7, 11) is 2.12. The van der Waals surface area contributed by atoms with Crippen LogP contribution >= 0.6 is 0 Å². The first kappa shape index (κ1) is 15.4. The Kier molecular flexibility index (Phi) is 5.17. The molecule has 106 valence electrons. The molecule has 4 heteroatoms. The van der Waals surface area contributed by atoms with E-state index in [2.05, 4.69) is 39.6 Å². The van der Waals surface area contributed by atoms with Crippen LogP contribution < -0.4 is 5.73 Å². The number of carbonyl (C=O) groups is 1. The summed E-state index contributed by atoms with van der Waals surface area (Å²) in [6.07, 6.45) is 1.51. The van der Waals surface area contributed by atoms with Crippen LogP contribution in [-0.2, 0) is 4.79 Å². The summed E-state index contributed by atoms with van der Waals surface area (Å²) in [5, 5.41) is 0. The van der Waals surface area contributed by atoms with E-state index in [9.17, 15) is 4.79 Å². The van der Waals surface area contributed by atoms with E-state index in [1.807, 2.05) is 4.90 Å². The normalized spacial score (nSPS) is 24.8. The second-order valence-electron chi connectivity index (χ2n) is 6.73. The number of carbonyl (C=O) groups excluding carboxylic acids is 1. The highest BCUT2D eigenvalue weighted by Gasteiger charge is 2.28. The first-order valence-corrected chi connectivity index (χ1v) is 6.95. The quantitative estimate of drug-likeness (QED) is 0.809. The SMILES string of the molecule is CC1CN(C)CCCN1C(=O)CC(N)C(C)(C)C. The summed E-state index contributed by atoms with van der Waals surface area (Å²) in [6, 6.07) is 0.218. The molecule has 1 saturated heterocycles. The molecule has 2 atom stereocenters. The van der Waals surface area contributed by atoms with Gasteiger partial charge in [-0.15, -0.1) is 0 Å². The van der Waals surface area contributed by atoms with Gasteiger partial charge in [-0.3, -0.25) is 4.79 Å². The molecule has 1 amide bonds. The zero-order chi connectivity index (χ0) is 13.9. The Morgan fingerprint density at radius 2 is 2.00 bits per heavy atom. The number of rotatable bonds is 2. The molecule has 2 N–H and O–H groups in total. The van der Waals surface area contributed by atoms with E-state index in [0.29, 0.717) is 6.42 Å². The number of nitrogens with two attached hydrogens (primary N) is 1. The van der Waals surface area contributed by atoms with Gasteiger partial charge >= 0.3 is 0 Å². The smallest absolute Gasteiger partial charge is 0.224 e. The molecule has 18 heavy (non-hydrogen) atoms. The molecule has 0 aliphatic carbocycles. The number of likely N-dealkylation sites (N-methyl/N-ethyl adjacent to an activating group) is 1. The van der Waals surface area contributed by atoms with E-state index in [1.165, 1.54) is 0 Å². The second kappa shape index (κ2) is 6.02. The molecule has 0 bridgehead atoms. The molecule has 1 aliphatic heterocycles. The van der Waals surface area contributed by atoms with Crippen LogP contribution in [0.2, 0.25) is 0 Å². The summed E-state index contributed by atoms with van der Waals surface area (Å²) >= 11 is 0. The summed E-state index contributed by atoms with van der Waals surface area (Å²) in [4.78, 5) is 16.7. The van der Waals surface area contributed by atoms with Crippen molar-refractivity contribution in [1.82, 2.24) is 9.80 Å². The molecule has 2 unspecified atom stereocenters. The minimum absolute atomic E-state index is 0.0124. The lowest BCUT2D eigenvalue weighted by Crippen LogP contribution is -2.46. The Morgan fingerprint density at radius 3 is 2.56 bits per heavy atom. The van der Waals surface area contributed by atoms with Crippen LogP contribution in [0.5, 0.6) is 0 Å². The van der Waals surface area contributed by atoms with Crippen molar-refractivity contribution in [1.29, 1.82) is 0 Å². The van der Waals surface area contributed by atoms with Gasteiger partial charge in [-0.2, -0.15) is 0 Å². The van der Waals surface area contributed by atoms with Crippen molar-refractivity contribution in [2.75, 3.05) is 26.7 Å². The molecule has 1 fully saturated rings. The highest BCUT2D eigenvalue weighted by Crippen LogP contribution is 2.21. The fraction of sp³-hybridized carbons (Fsp3) is 0.929. The van der Waals surface area contributed by atoms with E-state index >= 15 is 0 Å². The fourth-order valence-electron chi connectivity index (χ4n) is 2.35. The molecule has 1 rings (SSSR count). The summed E-state index contributed by atoms with van der Waals surface area (Å²) in [5.74, 6) is 0.209. The highest BCUT2D eigenvalue weighted by atomic mass is 16.2. The lowest BCUT2D eigenvalue weighted by molar-refractivity contribution is -0.134. The Hall–Kier alpha value is -0.610. The monoisotopic (exact) mass is 255 g/mol. The molecule has 1 aliphatic rings. The van der Waals surface area contributed by atoms with Gasteiger partial charge < -0.3 is 15.5 Å². The molecule has 0 aromatic carbocycles. The van der Waals surface area contributed by atoms with E-state index < -0.39 is 0 Å². The third kappa shape index (κ3) is 4.25. The van der Waals surface area contributed by atoms with Gasteiger partial charge in [0.2, 0.25) is 5.91 Å². The first-order valence-electron chi connectivity index (χ1n) is 6.95. The number of hydrogen-bond donors (Lipinski definition) is 1. The molecule has 0 aromatic rings. The van der Waals surface area contributed by atoms with Crippen molar-refractivity contribution >= 4 is 5.91 Å². The van der Waals surface area contributed by atoms with Crippen molar-refractivity contribution in [2.45, 2.75) is 52.6 Å². The molecule has 1 heterocycles. The molecule has 0 spiro atoms. The van der Waals surface area contributed by atoms with Gasteiger partial charge in [0, 0.05) is 31.6 Å². The second-order valence-corrected chi connectivity index (χ2v) is 6.73. The van der Waals surface area contributed by atoms with Crippen molar-refractivity contribution in [3.05, 3.63) is 0 Å². The number of hydrogen-bond acceptors (Lipinski definition) is 3. The predicted octanol–water partition coefficient (Wildman–Crippen LogP) is 1.30. The van der Waals surface area contributed by atoms with Crippen LogP contribution in [0.15, 0.2) is 0 Å². The Balaban J connectivity index is 2.60. The maximum Gasteiger partial charge on any atom is 0.224 e. The maximum absolute atomic E-state index is 12.4. The minimum atomic E-state index is -0.0711. The van der Waals surface area contributed by atoms with Crippen molar-refractivity contribution in [2.24, 2.45) is 11.1 Å². The molecular weight excluding hydrogens is 226 g/mol. The largest absolute Gasteiger partial charge is 0.339 e.